The molecule has 0 aromatic heterocycles. The third kappa shape index (κ3) is 1.37. The van der Waals surface area contributed by atoms with Crippen LogP contribution in [0.25, 0.3) is 0 Å². The molecule has 0 aliphatic carbocycles. The summed E-state index contributed by atoms with van der Waals surface area (Å²) in [6, 6.07) is 5.43. The quantitative estimate of drug-likeness (QED) is 0.668. The average molecular weight is 190 g/mol. The number of carbonyl (C=O) groups excluding carboxylic acids is 1. The smallest absolute Gasteiger partial charge is 0.134 e. The molecule has 1 aromatic rings. The van der Waals surface area contributed by atoms with Gasteiger partial charge in [-0.1, -0.05) is 6.07 Å². The molecule has 72 valence electrons. The molecule has 0 N–H and O–H groups in total. The van der Waals surface area contributed by atoms with Gasteiger partial charge in [-0.15, -0.1) is 0 Å². The Hall–Kier alpha value is -1.77. The van der Waals surface area contributed by atoms with Gasteiger partial charge < -0.3 is 14.3 Å². The summed E-state index contributed by atoms with van der Waals surface area (Å²) >= 11 is 0. The Morgan fingerprint density at radius 1 is 1.50 bits per heavy atom. The Labute approximate surface area is 81.9 Å². The summed E-state index contributed by atoms with van der Waals surface area (Å²) in [5, 5.41) is 0. The lowest BCUT2D eigenvalue weighted by atomic mass is 9.98. The third-order valence-electron chi connectivity index (χ3n) is 2.21. The van der Waals surface area contributed by atoms with E-state index in [1.165, 1.54) is 6.26 Å². The molecule has 1 heterocycles. The van der Waals surface area contributed by atoms with Crippen LogP contribution in [0.3, 0.4) is 0 Å². The highest BCUT2D eigenvalue weighted by atomic mass is 16.5. The molecule has 1 aliphatic rings. The van der Waals surface area contributed by atoms with Crippen molar-refractivity contribution < 1.29 is 14.3 Å². The molecule has 1 unspecified atom stereocenters. The van der Waals surface area contributed by atoms with E-state index >= 15 is 0 Å². The summed E-state index contributed by atoms with van der Waals surface area (Å²) in [7, 11) is 1.59. The van der Waals surface area contributed by atoms with Crippen molar-refractivity contribution in [2.75, 3.05) is 7.11 Å². The zero-order valence-electron chi connectivity index (χ0n) is 7.77. The minimum atomic E-state index is -0.204. The maximum atomic E-state index is 10.7. The fourth-order valence-electron chi connectivity index (χ4n) is 1.44. The van der Waals surface area contributed by atoms with E-state index in [9.17, 15) is 4.79 Å². The van der Waals surface area contributed by atoms with Crippen LogP contribution in [0.2, 0.25) is 0 Å². The van der Waals surface area contributed by atoms with Crippen LogP contribution >= 0.6 is 0 Å². The highest BCUT2D eigenvalue weighted by molar-refractivity contribution is 5.68. The van der Waals surface area contributed by atoms with Gasteiger partial charge in [0.25, 0.3) is 0 Å². The highest BCUT2D eigenvalue weighted by Crippen LogP contribution is 2.33. The number of carbonyl (C=O) groups is 1. The van der Waals surface area contributed by atoms with Crippen LogP contribution in [-0.2, 0) is 4.79 Å². The number of methoxy groups -OCH3 is 1. The number of rotatable bonds is 2. The second-order valence-electron chi connectivity index (χ2n) is 3.01. The first kappa shape index (κ1) is 8.81. The molecule has 0 saturated heterocycles. The van der Waals surface area contributed by atoms with E-state index in [0.29, 0.717) is 5.75 Å². The number of benzene rings is 1. The van der Waals surface area contributed by atoms with Gasteiger partial charge >= 0.3 is 0 Å². The number of hydrogen-bond acceptors (Lipinski definition) is 3. The lowest BCUT2D eigenvalue weighted by Crippen LogP contribution is -2.05. The number of hydrogen-bond donors (Lipinski definition) is 0. The van der Waals surface area contributed by atoms with Crippen molar-refractivity contribution in [3.63, 3.8) is 0 Å². The van der Waals surface area contributed by atoms with Crippen molar-refractivity contribution in [1.82, 2.24) is 0 Å². The lowest BCUT2D eigenvalue weighted by molar-refractivity contribution is -0.108. The average Bonchev–Trinajstić information content (AvgIpc) is 2.27. The maximum Gasteiger partial charge on any atom is 0.134 e. The second-order valence-corrected chi connectivity index (χ2v) is 3.01. The Kier molecular flexibility index (Phi) is 2.23. The monoisotopic (exact) mass is 190 g/mol. The molecule has 0 bridgehead atoms. The largest absolute Gasteiger partial charge is 0.497 e. The summed E-state index contributed by atoms with van der Waals surface area (Å²) in [4.78, 5) is 10.7. The van der Waals surface area contributed by atoms with Crippen LogP contribution in [-0.4, -0.2) is 13.4 Å². The zero-order valence-corrected chi connectivity index (χ0v) is 7.77. The molecule has 0 spiro atoms. The van der Waals surface area contributed by atoms with Crippen LogP contribution in [0.15, 0.2) is 30.5 Å². The first-order valence-electron chi connectivity index (χ1n) is 4.31. The van der Waals surface area contributed by atoms with Crippen molar-refractivity contribution in [1.29, 1.82) is 0 Å². The van der Waals surface area contributed by atoms with Gasteiger partial charge in [0.15, 0.2) is 0 Å². The first-order chi connectivity index (χ1) is 6.85. The normalized spacial score (nSPS) is 18.2. The molecule has 1 atom stereocenters. The van der Waals surface area contributed by atoms with Gasteiger partial charge in [-0.25, -0.2) is 0 Å². The Bertz CT molecular complexity index is 382. The summed E-state index contributed by atoms with van der Waals surface area (Å²) in [5.74, 6) is 1.21. The second kappa shape index (κ2) is 3.54. The van der Waals surface area contributed by atoms with Crippen LogP contribution in [0, 0.1) is 0 Å². The van der Waals surface area contributed by atoms with Gasteiger partial charge in [-0.3, -0.25) is 0 Å². The minimum Gasteiger partial charge on any atom is -0.497 e. The number of fused-ring (bicyclic) bond motifs is 1. The molecule has 3 heteroatoms. The van der Waals surface area contributed by atoms with Gasteiger partial charge in [0.05, 0.1) is 19.3 Å². The van der Waals surface area contributed by atoms with Crippen LogP contribution in [0.4, 0.5) is 0 Å². The van der Waals surface area contributed by atoms with Crippen molar-refractivity contribution in [2.45, 2.75) is 5.92 Å². The van der Waals surface area contributed by atoms with Crippen LogP contribution in [0.5, 0.6) is 11.5 Å². The van der Waals surface area contributed by atoms with E-state index in [0.717, 1.165) is 17.6 Å². The predicted octanol–water partition coefficient (Wildman–Crippen LogP) is 1.88. The summed E-state index contributed by atoms with van der Waals surface area (Å²) in [6.45, 7) is 0. The SMILES string of the molecule is COc1ccc2c(c1)OC=CC2C=O. The van der Waals surface area contributed by atoms with Crippen molar-refractivity contribution in [2.24, 2.45) is 0 Å². The molecule has 1 aromatic carbocycles. The van der Waals surface area contributed by atoms with E-state index in [1.807, 2.05) is 12.1 Å². The molecule has 14 heavy (non-hydrogen) atoms. The zero-order chi connectivity index (χ0) is 9.97. The van der Waals surface area contributed by atoms with E-state index in [1.54, 1.807) is 19.3 Å². The third-order valence-corrected chi connectivity index (χ3v) is 2.21. The number of allylic oxidation sites excluding steroid dienone is 1. The number of aldehydes is 1. The first-order valence-corrected chi connectivity index (χ1v) is 4.31. The Morgan fingerprint density at radius 2 is 2.36 bits per heavy atom. The van der Waals surface area contributed by atoms with Gasteiger partial charge in [0, 0.05) is 11.6 Å². The fraction of sp³-hybridized carbons (Fsp3) is 0.182. The van der Waals surface area contributed by atoms with E-state index in [4.69, 9.17) is 9.47 Å². The van der Waals surface area contributed by atoms with E-state index in [-0.39, 0.29) is 5.92 Å². The molecule has 3 nitrogen and oxygen atoms in total. The molecular weight excluding hydrogens is 180 g/mol. The van der Waals surface area contributed by atoms with Crippen molar-refractivity contribution in [3.8, 4) is 11.5 Å². The maximum absolute atomic E-state index is 10.7. The number of ether oxygens (including phenoxy) is 2. The Balaban J connectivity index is 2.44. The molecule has 1 aliphatic heterocycles. The van der Waals surface area contributed by atoms with Crippen LogP contribution < -0.4 is 9.47 Å². The molecule has 2 rings (SSSR count). The van der Waals surface area contributed by atoms with Gasteiger partial charge in [-0.05, 0) is 12.1 Å². The summed E-state index contributed by atoms with van der Waals surface area (Å²) in [5.41, 5.74) is 0.878. The van der Waals surface area contributed by atoms with Gasteiger partial charge in [0.1, 0.15) is 17.8 Å². The highest BCUT2D eigenvalue weighted by Gasteiger charge is 2.17. The van der Waals surface area contributed by atoms with E-state index in [2.05, 4.69) is 0 Å². The van der Waals surface area contributed by atoms with Gasteiger partial charge in [0.2, 0.25) is 0 Å². The van der Waals surface area contributed by atoms with Crippen molar-refractivity contribution in [3.05, 3.63) is 36.1 Å². The fourth-order valence-corrected chi connectivity index (χ4v) is 1.44. The van der Waals surface area contributed by atoms with Crippen LogP contribution in [0.1, 0.15) is 11.5 Å². The summed E-state index contributed by atoms with van der Waals surface area (Å²) in [6.07, 6.45) is 4.15. The molecule has 0 amide bonds. The van der Waals surface area contributed by atoms with Crippen molar-refractivity contribution >= 4 is 6.29 Å². The van der Waals surface area contributed by atoms with E-state index < -0.39 is 0 Å². The van der Waals surface area contributed by atoms with Gasteiger partial charge in [-0.2, -0.15) is 0 Å². The molecule has 0 radical (unpaired) electrons. The topological polar surface area (TPSA) is 35.5 Å². The Morgan fingerprint density at radius 3 is 3.07 bits per heavy atom. The molecule has 0 saturated carbocycles. The standard InChI is InChI=1S/C11H10O3/c1-13-9-2-3-10-8(7-12)4-5-14-11(10)6-9/h2-8H,1H3. The molecular formula is C11H10O3. The lowest BCUT2D eigenvalue weighted by Gasteiger charge is -2.16. The minimum absolute atomic E-state index is 0.204. The molecule has 0 fully saturated rings. The predicted molar refractivity (Wildman–Crippen MR) is 51.6 cm³/mol. The summed E-state index contributed by atoms with van der Waals surface area (Å²) < 4.78 is 10.3.